The van der Waals surface area contributed by atoms with Crippen molar-refractivity contribution in [2.24, 2.45) is 16.6 Å². The minimum Gasteiger partial charge on any atom is -0.504 e. The van der Waals surface area contributed by atoms with E-state index in [0.29, 0.717) is 55.9 Å². The van der Waals surface area contributed by atoms with Crippen molar-refractivity contribution in [1.29, 1.82) is 0 Å². The number of carbonyl (C=O) groups excluding carboxylic acids is 1. The first kappa shape index (κ1) is 31.7. The van der Waals surface area contributed by atoms with E-state index in [0.717, 1.165) is 44.3 Å². The smallest absolute Gasteiger partial charge is 0.302 e. The number of nitrogens with one attached hydrogen (secondary N) is 3. The van der Waals surface area contributed by atoms with Gasteiger partial charge >= 0.3 is 5.97 Å². The van der Waals surface area contributed by atoms with Gasteiger partial charge < -0.3 is 41.4 Å². The summed E-state index contributed by atoms with van der Waals surface area (Å²) in [6.07, 6.45) is 4.80. The number of benzene rings is 1. The van der Waals surface area contributed by atoms with Crippen molar-refractivity contribution in [1.82, 2.24) is 16.0 Å². The van der Waals surface area contributed by atoms with Gasteiger partial charge in [-0.05, 0) is 69.3 Å². The Kier molecular flexibility index (Phi) is 14.3. The van der Waals surface area contributed by atoms with E-state index in [9.17, 15) is 15.0 Å². The molecule has 7 N–H and O–H groups in total. The molecule has 10 nitrogen and oxygen atoms in total. The summed E-state index contributed by atoms with van der Waals surface area (Å²) in [6, 6.07) is 5.73. The molecule has 1 aliphatic rings. The Morgan fingerprint density at radius 3 is 2.79 bits per heavy atom. The average Bonchev–Trinajstić information content (AvgIpc) is 2.89. The highest BCUT2D eigenvalue weighted by Crippen LogP contribution is 2.30. The van der Waals surface area contributed by atoms with E-state index in [-0.39, 0.29) is 17.8 Å². The second-order valence-electron chi connectivity index (χ2n) is 10.3. The Labute approximate surface area is 227 Å². The number of ether oxygens (including phenoxy) is 2. The zero-order valence-corrected chi connectivity index (χ0v) is 23.5. The summed E-state index contributed by atoms with van der Waals surface area (Å²) < 4.78 is 11.7. The first-order chi connectivity index (χ1) is 18.2. The first-order valence-electron chi connectivity index (χ1n) is 13.9. The number of nitrogens with two attached hydrogens (primary N) is 1. The minimum atomic E-state index is -0.574. The predicted octanol–water partition coefficient (Wildman–Crippen LogP) is 2.07. The molecule has 1 aromatic rings. The molecule has 2 rings (SSSR count). The lowest BCUT2D eigenvalue weighted by Gasteiger charge is -2.31. The number of rotatable bonds is 16. The summed E-state index contributed by atoms with van der Waals surface area (Å²) in [5.74, 6) is 1.02. The van der Waals surface area contributed by atoms with Crippen LogP contribution in [-0.4, -0.2) is 80.2 Å². The highest BCUT2D eigenvalue weighted by molar-refractivity contribution is 5.77. The zero-order valence-electron chi connectivity index (χ0n) is 23.5. The topological polar surface area (TPSA) is 150 Å². The molecule has 1 aliphatic heterocycles. The molecular formula is C28H49N5O5. The van der Waals surface area contributed by atoms with Crippen LogP contribution in [0.3, 0.4) is 0 Å². The molecule has 1 saturated heterocycles. The van der Waals surface area contributed by atoms with Gasteiger partial charge in [-0.2, -0.15) is 0 Å². The van der Waals surface area contributed by atoms with Crippen LogP contribution in [-0.2, 0) is 16.0 Å². The molecule has 5 atom stereocenters. The van der Waals surface area contributed by atoms with Crippen LogP contribution in [0.2, 0.25) is 0 Å². The molecule has 0 aromatic heterocycles. The highest BCUT2D eigenvalue weighted by Gasteiger charge is 2.24. The van der Waals surface area contributed by atoms with Crippen molar-refractivity contribution in [2.45, 2.75) is 89.6 Å². The van der Waals surface area contributed by atoms with Gasteiger partial charge in [0.05, 0.1) is 6.10 Å². The van der Waals surface area contributed by atoms with E-state index in [1.807, 2.05) is 19.2 Å². The molecule has 0 radical (unpaired) electrons. The van der Waals surface area contributed by atoms with Gasteiger partial charge in [0.15, 0.2) is 17.5 Å². The van der Waals surface area contributed by atoms with E-state index >= 15 is 0 Å². The van der Waals surface area contributed by atoms with Gasteiger partial charge in [-0.1, -0.05) is 19.4 Å². The van der Waals surface area contributed by atoms with Crippen molar-refractivity contribution >= 4 is 11.9 Å². The number of piperidine rings is 1. The fourth-order valence-corrected chi connectivity index (χ4v) is 4.88. The number of esters is 1. The number of hydrogen-bond acceptors (Lipinski definition) is 8. The second kappa shape index (κ2) is 17.1. The van der Waals surface area contributed by atoms with Crippen LogP contribution in [0, 0.1) is 5.92 Å². The lowest BCUT2D eigenvalue weighted by Crippen LogP contribution is -2.46. The number of phenols is 1. The largest absolute Gasteiger partial charge is 0.504 e. The van der Waals surface area contributed by atoms with Gasteiger partial charge in [-0.25, -0.2) is 0 Å². The quantitative estimate of drug-likeness (QED) is 0.106. The van der Waals surface area contributed by atoms with Gasteiger partial charge in [0.25, 0.3) is 0 Å². The molecule has 10 heteroatoms. The summed E-state index contributed by atoms with van der Waals surface area (Å²) in [5.41, 5.74) is 6.70. The fourth-order valence-electron chi connectivity index (χ4n) is 4.88. The Hall–Kier alpha value is -2.56. The van der Waals surface area contributed by atoms with Crippen molar-refractivity contribution in [3.05, 3.63) is 23.8 Å². The summed E-state index contributed by atoms with van der Waals surface area (Å²) in [6.45, 7) is 5.96. The molecule has 5 unspecified atom stereocenters. The molecule has 0 saturated carbocycles. The predicted molar refractivity (Wildman–Crippen MR) is 151 cm³/mol. The van der Waals surface area contributed by atoms with E-state index in [2.05, 4.69) is 27.9 Å². The van der Waals surface area contributed by atoms with Crippen molar-refractivity contribution in [2.75, 3.05) is 33.7 Å². The molecule has 1 aromatic carbocycles. The third kappa shape index (κ3) is 11.9. The van der Waals surface area contributed by atoms with E-state index in [1.165, 1.54) is 6.92 Å². The molecule has 0 amide bonds. The molecule has 38 heavy (non-hydrogen) atoms. The van der Waals surface area contributed by atoms with Gasteiger partial charge in [0.1, 0.15) is 12.2 Å². The maximum atomic E-state index is 11.7. The van der Waals surface area contributed by atoms with Crippen LogP contribution in [0.25, 0.3) is 0 Å². The Balaban J connectivity index is 1.90. The maximum absolute atomic E-state index is 11.7. The number of aryl methyl sites for hydroxylation is 1. The highest BCUT2D eigenvalue weighted by atomic mass is 16.5. The molecular weight excluding hydrogens is 486 g/mol. The lowest BCUT2D eigenvalue weighted by atomic mass is 9.95. The van der Waals surface area contributed by atoms with E-state index in [1.54, 1.807) is 13.1 Å². The third-order valence-electron chi connectivity index (χ3n) is 7.14. The number of guanidine groups is 1. The van der Waals surface area contributed by atoms with Gasteiger partial charge in [0.2, 0.25) is 0 Å². The van der Waals surface area contributed by atoms with Crippen LogP contribution in [0.1, 0.15) is 64.4 Å². The van der Waals surface area contributed by atoms with E-state index < -0.39 is 12.2 Å². The number of carbonyl (C=O) groups is 1. The summed E-state index contributed by atoms with van der Waals surface area (Å²) in [4.78, 5) is 15.6. The Morgan fingerprint density at radius 1 is 1.32 bits per heavy atom. The Bertz CT molecular complexity index is 866. The van der Waals surface area contributed by atoms with Crippen molar-refractivity contribution in [3.8, 4) is 11.5 Å². The SMILES string of the molecule is CCC(CCC(O)CC(CCc1ccc(O)c(OC2CCNC(CNC)C2)c1)OC(C)=O)CNC(N)=NC. The van der Waals surface area contributed by atoms with Crippen LogP contribution in [0.5, 0.6) is 11.5 Å². The number of likely N-dealkylation sites (N-methyl/N-ethyl adjacent to an activating group) is 1. The number of aromatic hydroxyl groups is 1. The average molecular weight is 536 g/mol. The van der Waals surface area contributed by atoms with E-state index in [4.69, 9.17) is 15.2 Å². The number of aliphatic imine (C=N–C) groups is 1. The summed E-state index contributed by atoms with van der Waals surface area (Å²) >= 11 is 0. The second-order valence-corrected chi connectivity index (χ2v) is 10.3. The molecule has 0 aliphatic carbocycles. The molecule has 1 fully saturated rings. The summed E-state index contributed by atoms with van der Waals surface area (Å²) in [5, 5.41) is 30.8. The number of nitrogens with zero attached hydrogens (tertiary/aromatic N) is 1. The fraction of sp³-hybridized carbons (Fsp3) is 0.714. The lowest BCUT2D eigenvalue weighted by molar-refractivity contribution is -0.148. The third-order valence-corrected chi connectivity index (χ3v) is 7.14. The number of aliphatic hydroxyl groups excluding tert-OH is 1. The van der Waals surface area contributed by atoms with Crippen molar-refractivity contribution in [3.63, 3.8) is 0 Å². The molecule has 216 valence electrons. The number of aliphatic hydroxyl groups is 1. The normalized spacial score (nSPS) is 20.4. The monoisotopic (exact) mass is 535 g/mol. The number of hydrogen-bond donors (Lipinski definition) is 6. The maximum Gasteiger partial charge on any atom is 0.302 e. The minimum absolute atomic E-state index is 0.0348. The van der Waals surface area contributed by atoms with Gasteiger partial charge in [0, 0.05) is 45.9 Å². The van der Waals surface area contributed by atoms with Gasteiger partial charge in [-0.3, -0.25) is 9.79 Å². The van der Waals surface area contributed by atoms with Crippen LogP contribution in [0.4, 0.5) is 0 Å². The van der Waals surface area contributed by atoms with Crippen LogP contribution >= 0.6 is 0 Å². The van der Waals surface area contributed by atoms with Crippen LogP contribution < -0.4 is 26.4 Å². The Morgan fingerprint density at radius 2 is 2.11 bits per heavy atom. The summed E-state index contributed by atoms with van der Waals surface area (Å²) in [7, 11) is 3.58. The van der Waals surface area contributed by atoms with Gasteiger partial charge in [-0.15, -0.1) is 0 Å². The molecule has 0 bridgehead atoms. The first-order valence-corrected chi connectivity index (χ1v) is 13.9. The van der Waals surface area contributed by atoms with Crippen molar-refractivity contribution < 1.29 is 24.5 Å². The van der Waals surface area contributed by atoms with Crippen LogP contribution in [0.15, 0.2) is 23.2 Å². The standard InChI is InChI=1S/C28H49N5O5/c1-5-20(17-33-28(29)31-4)6-9-23(35)16-24(37-19(2)34)10-7-21-8-11-26(36)27(14-21)38-25-12-13-32-22(15-25)18-30-3/h8,11,14,20,22-25,30,32,35-36H,5-7,9-10,12-13,15-18H2,1-4H3,(H3,29,31,33). The number of phenolic OH excluding ortho intramolecular Hbond substituents is 1. The molecule has 0 spiro atoms. The zero-order chi connectivity index (χ0) is 27.9. The molecule has 1 heterocycles.